The van der Waals surface area contributed by atoms with E-state index >= 15 is 0 Å². The molecule has 20 heavy (non-hydrogen) atoms. The van der Waals surface area contributed by atoms with Crippen LogP contribution in [-0.4, -0.2) is 23.2 Å². The quantitative estimate of drug-likeness (QED) is 0.918. The van der Waals surface area contributed by atoms with Gasteiger partial charge in [0.05, 0.1) is 12.5 Å². The fourth-order valence-corrected chi connectivity index (χ4v) is 3.35. The van der Waals surface area contributed by atoms with E-state index in [2.05, 4.69) is 11.9 Å². The van der Waals surface area contributed by atoms with Crippen LogP contribution in [0.5, 0.6) is 5.75 Å². The number of aliphatic carboxylic acids is 1. The molecule has 4 heteroatoms. The molecule has 0 aromatic carbocycles. The van der Waals surface area contributed by atoms with E-state index in [-0.39, 0.29) is 0 Å². The summed E-state index contributed by atoms with van der Waals surface area (Å²) in [5.41, 5.74) is 1.02. The molecular weight excluding hydrogens is 254 g/mol. The van der Waals surface area contributed by atoms with Crippen molar-refractivity contribution in [2.45, 2.75) is 46.0 Å². The Morgan fingerprint density at radius 2 is 2.30 bits per heavy atom. The monoisotopic (exact) mass is 277 g/mol. The van der Waals surface area contributed by atoms with E-state index in [9.17, 15) is 9.90 Å². The highest BCUT2D eigenvalue weighted by atomic mass is 16.5. The molecule has 1 fully saturated rings. The average Bonchev–Trinajstić information content (AvgIpc) is 2.37. The third-order valence-electron chi connectivity index (χ3n) is 4.28. The number of carboxylic acids is 1. The summed E-state index contributed by atoms with van der Waals surface area (Å²) >= 11 is 0. The van der Waals surface area contributed by atoms with E-state index in [1.807, 2.05) is 19.1 Å². The number of nitrogens with zero attached hydrogens (tertiary/aromatic N) is 1. The maximum atomic E-state index is 11.8. The van der Waals surface area contributed by atoms with E-state index in [0.717, 1.165) is 42.8 Å². The minimum atomic E-state index is -0.689. The number of carbonyl (C=O) groups is 1. The van der Waals surface area contributed by atoms with Crippen molar-refractivity contribution >= 4 is 5.97 Å². The van der Waals surface area contributed by atoms with Crippen molar-refractivity contribution in [3.63, 3.8) is 0 Å². The predicted octanol–water partition coefficient (Wildman–Crippen LogP) is 3.22. The number of hydrogen-bond donors (Lipinski definition) is 1. The number of rotatable bonds is 4. The topological polar surface area (TPSA) is 59.4 Å². The summed E-state index contributed by atoms with van der Waals surface area (Å²) in [6.07, 6.45) is 4.08. The van der Waals surface area contributed by atoms with Gasteiger partial charge in [-0.1, -0.05) is 19.8 Å². The first-order chi connectivity index (χ1) is 9.45. The van der Waals surface area contributed by atoms with Gasteiger partial charge < -0.3 is 9.84 Å². The standard InChI is InChI=1S/C16H23NO3/c1-11-5-4-6-16(9-11,15(18)19)10-13-8-14(20-3)7-12(2)17-13/h7-8,11H,4-6,9-10H2,1-3H3,(H,18,19). The molecule has 1 saturated carbocycles. The molecule has 0 radical (unpaired) electrons. The van der Waals surface area contributed by atoms with E-state index in [1.165, 1.54) is 0 Å². The Morgan fingerprint density at radius 1 is 1.55 bits per heavy atom. The lowest BCUT2D eigenvalue weighted by atomic mass is 9.67. The first-order valence-electron chi connectivity index (χ1n) is 7.20. The summed E-state index contributed by atoms with van der Waals surface area (Å²) in [7, 11) is 1.62. The van der Waals surface area contributed by atoms with Crippen molar-refractivity contribution in [3.8, 4) is 5.75 Å². The maximum absolute atomic E-state index is 11.8. The van der Waals surface area contributed by atoms with Gasteiger partial charge in [-0.05, 0) is 25.7 Å². The zero-order chi connectivity index (χ0) is 14.8. The smallest absolute Gasteiger partial charge is 0.310 e. The molecule has 0 spiro atoms. The second-order valence-electron chi connectivity index (χ2n) is 6.10. The Morgan fingerprint density at radius 3 is 2.90 bits per heavy atom. The molecule has 1 N–H and O–H groups in total. The van der Waals surface area contributed by atoms with Crippen LogP contribution in [0, 0.1) is 18.3 Å². The van der Waals surface area contributed by atoms with Gasteiger partial charge in [-0.3, -0.25) is 9.78 Å². The second kappa shape index (κ2) is 5.81. The first kappa shape index (κ1) is 14.8. The molecule has 2 unspecified atom stereocenters. The third kappa shape index (κ3) is 3.11. The zero-order valence-corrected chi connectivity index (χ0v) is 12.5. The Bertz CT molecular complexity index is 500. The molecule has 110 valence electrons. The average molecular weight is 277 g/mol. The van der Waals surface area contributed by atoms with Crippen molar-refractivity contribution in [1.29, 1.82) is 0 Å². The van der Waals surface area contributed by atoms with Crippen LogP contribution in [0.25, 0.3) is 0 Å². The van der Waals surface area contributed by atoms with Crippen molar-refractivity contribution < 1.29 is 14.6 Å². The number of methoxy groups -OCH3 is 1. The van der Waals surface area contributed by atoms with Gasteiger partial charge in [0.2, 0.25) is 0 Å². The van der Waals surface area contributed by atoms with Gasteiger partial charge in [0.25, 0.3) is 0 Å². The Kier molecular flexibility index (Phi) is 4.31. The molecule has 2 atom stereocenters. The van der Waals surface area contributed by atoms with Crippen LogP contribution in [0.2, 0.25) is 0 Å². The van der Waals surface area contributed by atoms with Gasteiger partial charge in [0.1, 0.15) is 5.75 Å². The van der Waals surface area contributed by atoms with Crippen LogP contribution < -0.4 is 4.74 Å². The van der Waals surface area contributed by atoms with Crippen LogP contribution in [0.3, 0.4) is 0 Å². The van der Waals surface area contributed by atoms with Gasteiger partial charge in [-0.25, -0.2) is 0 Å². The summed E-state index contributed by atoms with van der Waals surface area (Å²) in [6.45, 7) is 4.05. The third-order valence-corrected chi connectivity index (χ3v) is 4.28. The maximum Gasteiger partial charge on any atom is 0.310 e. The van der Waals surface area contributed by atoms with Crippen LogP contribution in [-0.2, 0) is 11.2 Å². The molecule has 1 heterocycles. The molecule has 1 aliphatic carbocycles. The number of pyridine rings is 1. The summed E-state index contributed by atoms with van der Waals surface area (Å²) in [5, 5.41) is 9.70. The summed E-state index contributed by atoms with van der Waals surface area (Å²) in [4.78, 5) is 16.3. The first-order valence-corrected chi connectivity index (χ1v) is 7.20. The van der Waals surface area contributed by atoms with Gasteiger partial charge in [0, 0.05) is 29.9 Å². The van der Waals surface area contributed by atoms with E-state index in [1.54, 1.807) is 7.11 Å². The van der Waals surface area contributed by atoms with Crippen molar-refractivity contribution in [1.82, 2.24) is 4.98 Å². The highest BCUT2D eigenvalue weighted by molar-refractivity contribution is 5.75. The molecule has 1 aromatic rings. The lowest BCUT2D eigenvalue weighted by Gasteiger charge is -2.36. The van der Waals surface area contributed by atoms with Crippen LogP contribution in [0.1, 0.15) is 44.0 Å². The van der Waals surface area contributed by atoms with E-state index in [4.69, 9.17) is 4.74 Å². The second-order valence-corrected chi connectivity index (χ2v) is 6.10. The summed E-state index contributed by atoms with van der Waals surface area (Å²) in [6, 6.07) is 3.72. The normalized spacial score (nSPS) is 26.2. The molecule has 0 amide bonds. The molecule has 1 aliphatic rings. The van der Waals surface area contributed by atoms with Crippen LogP contribution in [0.4, 0.5) is 0 Å². The summed E-state index contributed by atoms with van der Waals surface area (Å²) < 4.78 is 5.25. The van der Waals surface area contributed by atoms with Crippen LogP contribution in [0.15, 0.2) is 12.1 Å². The minimum absolute atomic E-state index is 0.464. The fraction of sp³-hybridized carbons (Fsp3) is 0.625. The lowest BCUT2D eigenvalue weighted by molar-refractivity contribution is -0.152. The Labute approximate surface area is 120 Å². The number of aromatic nitrogens is 1. The SMILES string of the molecule is COc1cc(C)nc(CC2(C(=O)O)CCCC(C)C2)c1. The molecular formula is C16H23NO3. The van der Waals surface area contributed by atoms with Crippen LogP contribution >= 0.6 is 0 Å². The van der Waals surface area contributed by atoms with Gasteiger partial charge in [0.15, 0.2) is 0 Å². The lowest BCUT2D eigenvalue weighted by Crippen LogP contribution is -2.38. The molecule has 4 nitrogen and oxygen atoms in total. The fourth-order valence-electron chi connectivity index (χ4n) is 3.35. The largest absolute Gasteiger partial charge is 0.497 e. The molecule has 1 aromatic heterocycles. The Balaban J connectivity index is 2.28. The van der Waals surface area contributed by atoms with E-state index in [0.29, 0.717) is 12.3 Å². The molecule has 2 rings (SSSR count). The number of hydrogen-bond acceptors (Lipinski definition) is 3. The van der Waals surface area contributed by atoms with Crippen molar-refractivity contribution in [2.24, 2.45) is 11.3 Å². The number of aryl methyl sites for hydroxylation is 1. The van der Waals surface area contributed by atoms with Crippen molar-refractivity contribution in [2.75, 3.05) is 7.11 Å². The molecule has 0 aliphatic heterocycles. The van der Waals surface area contributed by atoms with Gasteiger partial charge in [-0.2, -0.15) is 0 Å². The zero-order valence-electron chi connectivity index (χ0n) is 12.5. The van der Waals surface area contributed by atoms with E-state index < -0.39 is 11.4 Å². The number of ether oxygens (including phenoxy) is 1. The van der Waals surface area contributed by atoms with Gasteiger partial charge in [-0.15, -0.1) is 0 Å². The van der Waals surface area contributed by atoms with Crippen molar-refractivity contribution in [3.05, 3.63) is 23.5 Å². The number of carboxylic acid groups (broad SMARTS) is 1. The van der Waals surface area contributed by atoms with Gasteiger partial charge >= 0.3 is 5.97 Å². The highest BCUT2D eigenvalue weighted by Crippen LogP contribution is 2.42. The highest BCUT2D eigenvalue weighted by Gasteiger charge is 2.42. The predicted molar refractivity (Wildman–Crippen MR) is 76.9 cm³/mol. The summed E-state index contributed by atoms with van der Waals surface area (Å²) in [5.74, 6) is 0.523. The minimum Gasteiger partial charge on any atom is -0.497 e. The molecule has 0 saturated heterocycles. The Hall–Kier alpha value is -1.58. The molecule has 0 bridgehead atoms.